The topological polar surface area (TPSA) is 93.3 Å². The lowest BCUT2D eigenvalue weighted by molar-refractivity contribution is 0.460. The minimum Gasteiger partial charge on any atom is -0.411 e. The Morgan fingerprint density at radius 3 is 2.80 bits per heavy atom. The number of nitrogens with zero attached hydrogens (tertiary/aromatic N) is 2. The molecule has 6 nitrogen and oxygen atoms in total. The lowest BCUT2D eigenvalue weighted by Crippen LogP contribution is -2.00. The van der Waals surface area contributed by atoms with E-state index in [1.807, 2.05) is 0 Å². The SMILES string of the molecule is O=S(=O)(O)c1ccc(Cl)cc1-c1nnc(SCCF)o1. The van der Waals surface area contributed by atoms with Gasteiger partial charge in [0.05, 0.1) is 12.2 Å². The molecule has 2 rings (SSSR count). The first-order valence-corrected chi connectivity index (χ1v) is 8.02. The zero-order valence-corrected chi connectivity index (χ0v) is 12.2. The largest absolute Gasteiger partial charge is 0.411 e. The quantitative estimate of drug-likeness (QED) is 0.661. The van der Waals surface area contributed by atoms with Crippen molar-refractivity contribution in [1.29, 1.82) is 0 Å². The minimum atomic E-state index is -4.46. The average molecular weight is 339 g/mol. The first kappa shape index (κ1) is 15.2. The van der Waals surface area contributed by atoms with Gasteiger partial charge in [-0.2, -0.15) is 8.42 Å². The molecule has 1 heterocycles. The first-order valence-electron chi connectivity index (χ1n) is 5.21. The van der Waals surface area contributed by atoms with Crippen LogP contribution in [0.15, 0.2) is 32.7 Å². The fourth-order valence-corrected chi connectivity index (χ4v) is 2.72. The highest BCUT2D eigenvalue weighted by Gasteiger charge is 2.21. The minimum absolute atomic E-state index is 0.0143. The number of halogens is 2. The predicted molar refractivity (Wildman–Crippen MR) is 71.3 cm³/mol. The molecule has 0 fully saturated rings. The molecule has 20 heavy (non-hydrogen) atoms. The van der Waals surface area contributed by atoms with E-state index in [2.05, 4.69) is 10.2 Å². The van der Waals surface area contributed by atoms with Crippen LogP contribution in [0, 0.1) is 0 Å². The van der Waals surface area contributed by atoms with E-state index < -0.39 is 21.7 Å². The Bertz CT molecular complexity index is 720. The third-order valence-corrected chi connectivity index (χ3v) is 4.08. The summed E-state index contributed by atoms with van der Waals surface area (Å²) >= 11 is 6.78. The summed E-state index contributed by atoms with van der Waals surface area (Å²) in [5.74, 6) is 0.0176. The molecule has 0 amide bonds. The number of aromatic nitrogens is 2. The lowest BCUT2D eigenvalue weighted by atomic mass is 10.2. The third kappa shape index (κ3) is 3.48. The van der Waals surface area contributed by atoms with Crippen LogP contribution in [0.5, 0.6) is 0 Å². The predicted octanol–water partition coefficient (Wildman–Crippen LogP) is 2.70. The lowest BCUT2D eigenvalue weighted by Gasteiger charge is -2.03. The second-order valence-electron chi connectivity index (χ2n) is 3.53. The van der Waals surface area contributed by atoms with Crippen LogP contribution in [0.3, 0.4) is 0 Å². The Balaban J connectivity index is 2.46. The summed E-state index contributed by atoms with van der Waals surface area (Å²) in [6.45, 7) is -0.560. The maximum absolute atomic E-state index is 12.0. The van der Waals surface area contributed by atoms with Crippen LogP contribution < -0.4 is 0 Å². The van der Waals surface area contributed by atoms with Crippen molar-refractivity contribution in [2.75, 3.05) is 12.4 Å². The van der Waals surface area contributed by atoms with Crippen molar-refractivity contribution in [1.82, 2.24) is 10.2 Å². The molecule has 1 N–H and O–H groups in total. The van der Waals surface area contributed by atoms with Crippen LogP contribution in [0.2, 0.25) is 5.02 Å². The first-order chi connectivity index (χ1) is 9.41. The van der Waals surface area contributed by atoms with Crippen LogP contribution in [0.25, 0.3) is 11.5 Å². The smallest absolute Gasteiger partial charge is 0.295 e. The molecule has 0 unspecified atom stereocenters. The van der Waals surface area contributed by atoms with E-state index in [-0.39, 0.29) is 27.5 Å². The maximum atomic E-state index is 12.0. The van der Waals surface area contributed by atoms with Gasteiger partial charge in [0.15, 0.2) is 0 Å². The Hall–Kier alpha value is -1.16. The number of alkyl halides is 1. The van der Waals surface area contributed by atoms with E-state index in [4.69, 9.17) is 20.6 Å². The Labute approximate surface area is 123 Å². The maximum Gasteiger partial charge on any atom is 0.295 e. The van der Waals surface area contributed by atoms with E-state index in [0.29, 0.717) is 0 Å². The molecule has 0 saturated heterocycles. The summed E-state index contributed by atoms with van der Waals surface area (Å²) in [7, 11) is -4.46. The normalized spacial score (nSPS) is 11.8. The fraction of sp³-hybridized carbons (Fsp3) is 0.200. The van der Waals surface area contributed by atoms with E-state index in [1.165, 1.54) is 12.1 Å². The highest BCUT2D eigenvalue weighted by atomic mass is 35.5. The monoisotopic (exact) mass is 338 g/mol. The van der Waals surface area contributed by atoms with Gasteiger partial charge in [-0.3, -0.25) is 8.94 Å². The van der Waals surface area contributed by atoms with Crippen molar-refractivity contribution >= 4 is 33.5 Å². The summed E-state index contributed by atoms with van der Waals surface area (Å²) in [6.07, 6.45) is 0. The van der Waals surface area contributed by atoms with Gasteiger partial charge in [0.1, 0.15) is 4.90 Å². The summed E-state index contributed by atoms with van der Waals surface area (Å²) in [6, 6.07) is 3.72. The van der Waals surface area contributed by atoms with Crippen LogP contribution in [-0.4, -0.2) is 35.6 Å². The van der Waals surface area contributed by atoms with Crippen molar-refractivity contribution in [3.05, 3.63) is 23.2 Å². The molecule has 10 heteroatoms. The molecule has 0 atom stereocenters. The van der Waals surface area contributed by atoms with Crippen LogP contribution in [0.4, 0.5) is 4.39 Å². The summed E-state index contributed by atoms with van der Waals surface area (Å²) in [5, 5.41) is 7.64. The molecule has 0 aliphatic carbocycles. The molecule has 0 spiro atoms. The van der Waals surface area contributed by atoms with Gasteiger partial charge in [-0.15, -0.1) is 10.2 Å². The van der Waals surface area contributed by atoms with Crippen molar-refractivity contribution < 1.29 is 21.8 Å². The second kappa shape index (κ2) is 6.08. The van der Waals surface area contributed by atoms with Gasteiger partial charge in [-0.1, -0.05) is 23.4 Å². The van der Waals surface area contributed by atoms with Crippen molar-refractivity contribution in [2.24, 2.45) is 0 Å². The van der Waals surface area contributed by atoms with E-state index in [0.717, 1.165) is 17.8 Å². The number of hydrogen-bond acceptors (Lipinski definition) is 6. The molecule has 1 aromatic carbocycles. The molecular formula is C10H8ClFN2O4S2. The van der Waals surface area contributed by atoms with Crippen LogP contribution in [0.1, 0.15) is 0 Å². The van der Waals surface area contributed by atoms with Gasteiger partial charge in [0.25, 0.3) is 15.3 Å². The van der Waals surface area contributed by atoms with Gasteiger partial charge in [0.2, 0.25) is 5.89 Å². The molecule has 0 aliphatic heterocycles. The summed E-state index contributed by atoms with van der Waals surface area (Å²) < 4.78 is 49.0. The van der Waals surface area contributed by atoms with Gasteiger partial charge in [-0.25, -0.2) is 0 Å². The molecule has 0 radical (unpaired) electrons. The average Bonchev–Trinajstić information content (AvgIpc) is 2.83. The molecule has 2 aromatic rings. The molecule has 0 bridgehead atoms. The number of thioether (sulfide) groups is 1. The van der Waals surface area contributed by atoms with Crippen LogP contribution >= 0.6 is 23.4 Å². The highest BCUT2D eigenvalue weighted by molar-refractivity contribution is 7.99. The van der Waals surface area contributed by atoms with Gasteiger partial charge >= 0.3 is 0 Å². The molecule has 0 aliphatic rings. The highest BCUT2D eigenvalue weighted by Crippen LogP contribution is 2.30. The van der Waals surface area contributed by atoms with Crippen LogP contribution in [-0.2, 0) is 10.1 Å². The summed E-state index contributed by atoms with van der Waals surface area (Å²) in [4.78, 5) is -0.396. The fourth-order valence-electron chi connectivity index (χ4n) is 1.40. The zero-order chi connectivity index (χ0) is 14.8. The molecule has 0 saturated carbocycles. The molecular weight excluding hydrogens is 331 g/mol. The Morgan fingerprint density at radius 2 is 2.15 bits per heavy atom. The number of hydrogen-bond donors (Lipinski definition) is 1. The summed E-state index contributed by atoms with van der Waals surface area (Å²) in [5.41, 5.74) is -0.0143. The van der Waals surface area contributed by atoms with Gasteiger partial charge in [-0.05, 0) is 18.2 Å². The van der Waals surface area contributed by atoms with Crippen molar-refractivity contribution in [2.45, 2.75) is 10.1 Å². The molecule has 108 valence electrons. The van der Waals surface area contributed by atoms with Crippen molar-refractivity contribution in [3.8, 4) is 11.5 Å². The van der Waals surface area contributed by atoms with E-state index in [1.54, 1.807) is 0 Å². The number of benzene rings is 1. The third-order valence-electron chi connectivity index (χ3n) is 2.16. The zero-order valence-electron chi connectivity index (χ0n) is 9.79. The van der Waals surface area contributed by atoms with Crippen molar-refractivity contribution in [3.63, 3.8) is 0 Å². The Morgan fingerprint density at radius 1 is 1.40 bits per heavy atom. The van der Waals surface area contributed by atoms with Gasteiger partial charge in [0, 0.05) is 10.8 Å². The number of rotatable bonds is 5. The standard InChI is InChI=1S/C10H8ClFN2O4S2/c11-6-1-2-8(20(15,16)17)7(5-6)9-13-14-10(18-9)19-4-3-12/h1-2,5H,3-4H2,(H,15,16,17). The second-order valence-corrected chi connectivity index (χ2v) is 6.40. The Kier molecular flexibility index (Phi) is 4.63. The molecule has 1 aromatic heterocycles. The van der Waals surface area contributed by atoms with Gasteiger partial charge < -0.3 is 4.42 Å². The van der Waals surface area contributed by atoms with E-state index >= 15 is 0 Å². The van der Waals surface area contributed by atoms with E-state index in [9.17, 15) is 12.8 Å².